The minimum absolute atomic E-state index is 0.0650. The molecular formula is C15H16N2O. The van der Waals surface area contributed by atoms with Crippen molar-refractivity contribution in [2.24, 2.45) is 0 Å². The van der Waals surface area contributed by atoms with Gasteiger partial charge in [-0.3, -0.25) is 0 Å². The summed E-state index contributed by atoms with van der Waals surface area (Å²) in [7, 11) is 0. The van der Waals surface area contributed by atoms with Crippen LogP contribution in [0.2, 0.25) is 0 Å². The van der Waals surface area contributed by atoms with Crippen LogP contribution in [-0.2, 0) is 6.42 Å². The molecule has 0 fully saturated rings. The third-order valence-corrected chi connectivity index (χ3v) is 3.45. The Labute approximate surface area is 107 Å². The predicted octanol–water partition coefficient (Wildman–Crippen LogP) is 2.54. The number of aryl methyl sites for hydroxylation is 1. The van der Waals surface area contributed by atoms with E-state index < -0.39 is 0 Å². The van der Waals surface area contributed by atoms with E-state index in [4.69, 9.17) is 0 Å². The Balaban J connectivity index is 1.91. The highest BCUT2D eigenvalue weighted by atomic mass is 16.3. The zero-order valence-electron chi connectivity index (χ0n) is 10.1. The maximum Gasteiger partial charge on any atom is 0.126 e. The molecule has 0 amide bonds. The van der Waals surface area contributed by atoms with Crippen molar-refractivity contribution in [1.82, 2.24) is 4.98 Å². The number of benzene rings is 1. The van der Waals surface area contributed by atoms with Crippen LogP contribution < -0.4 is 5.32 Å². The Morgan fingerprint density at radius 1 is 1.11 bits per heavy atom. The van der Waals surface area contributed by atoms with E-state index in [9.17, 15) is 5.11 Å². The number of anilines is 1. The van der Waals surface area contributed by atoms with E-state index >= 15 is 0 Å². The van der Waals surface area contributed by atoms with Crippen molar-refractivity contribution >= 4 is 5.82 Å². The van der Waals surface area contributed by atoms with Gasteiger partial charge in [-0.25, -0.2) is 4.98 Å². The topological polar surface area (TPSA) is 45.1 Å². The first-order valence-corrected chi connectivity index (χ1v) is 6.28. The van der Waals surface area contributed by atoms with Gasteiger partial charge in [0.05, 0.1) is 12.1 Å². The van der Waals surface area contributed by atoms with Crippen molar-refractivity contribution in [3.05, 3.63) is 59.8 Å². The van der Waals surface area contributed by atoms with Gasteiger partial charge < -0.3 is 10.4 Å². The molecule has 1 heterocycles. The summed E-state index contributed by atoms with van der Waals surface area (Å²) in [6.07, 6.45) is 3.13. The number of nitrogens with zero attached hydrogens (tertiary/aromatic N) is 1. The molecule has 0 bridgehead atoms. The highest BCUT2D eigenvalue weighted by Crippen LogP contribution is 2.32. The average molecular weight is 240 g/mol. The minimum atomic E-state index is -0.359. The number of nitrogens with one attached hydrogen (secondary N) is 1. The van der Waals surface area contributed by atoms with Crippen molar-refractivity contribution in [1.29, 1.82) is 0 Å². The smallest absolute Gasteiger partial charge is 0.126 e. The summed E-state index contributed by atoms with van der Waals surface area (Å²) in [5.74, 6) is 0.804. The number of aromatic nitrogens is 1. The van der Waals surface area contributed by atoms with Gasteiger partial charge in [0.25, 0.3) is 0 Å². The van der Waals surface area contributed by atoms with Gasteiger partial charge in [0.15, 0.2) is 0 Å². The maximum absolute atomic E-state index is 10.2. The molecule has 3 nitrogen and oxygen atoms in total. The summed E-state index contributed by atoms with van der Waals surface area (Å²) in [6.45, 7) is 0. The number of hydrogen-bond acceptors (Lipinski definition) is 3. The standard InChI is InChI=1S/C15H16N2O/c18-13-9-8-11-5-1-2-6-12(11)15(13)17-14-7-3-4-10-16-14/h1-7,10,13,15,18H,8-9H2,(H,16,17). The fourth-order valence-corrected chi connectivity index (χ4v) is 2.52. The van der Waals surface area contributed by atoms with E-state index in [2.05, 4.69) is 22.4 Å². The quantitative estimate of drug-likeness (QED) is 0.848. The molecule has 18 heavy (non-hydrogen) atoms. The Morgan fingerprint density at radius 3 is 2.78 bits per heavy atom. The van der Waals surface area contributed by atoms with Gasteiger partial charge in [-0.15, -0.1) is 0 Å². The van der Waals surface area contributed by atoms with E-state index in [0.717, 1.165) is 18.7 Å². The molecule has 1 aliphatic rings. The van der Waals surface area contributed by atoms with Crippen LogP contribution in [0.5, 0.6) is 0 Å². The molecule has 1 aromatic heterocycles. The fourth-order valence-electron chi connectivity index (χ4n) is 2.52. The highest BCUT2D eigenvalue weighted by Gasteiger charge is 2.27. The molecule has 0 aliphatic heterocycles. The van der Waals surface area contributed by atoms with E-state index in [1.165, 1.54) is 11.1 Å². The number of rotatable bonds is 2. The number of fused-ring (bicyclic) bond motifs is 1. The summed E-state index contributed by atoms with van der Waals surface area (Å²) in [5.41, 5.74) is 2.50. The molecular weight excluding hydrogens is 224 g/mol. The molecule has 3 heteroatoms. The van der Waals surface area contributed by atoms with E-state index in [-0.39, 0.29) is 12.1 Å². The van der Waals surface area contributed by atoms with Crippen molar-refractivity contribution in [2.75, 3.05) is 5.32 Å². The van der Waals surface area contributed by atoms with Crippen LogP contribution >= 0.6 is 0 Å². The van der Waals surface area contributed by atoms with Gasteiger partial charge in [-0.2, -0.15) is 0 Å². The van der Waals surface area contributed by atoms with E-state index in [1.807, 2.05) is 30.3 Å². The molecule has 2 unspecified atom stereocenters. The number of pyridine rings is 1. The lowest BCUT2D eigenvalue weighted by atomic mass is 9.85. The maximum atomic E-state index is 10.2. The third kappa shape index (κ3) is 2.09. The Morgan fingerprint density at radius 2 is 1.94 bits per heavy atom. The molecule has 3 rings (SSSR count). The van der Waals surface area contributed by atoms with Crippen molar-refractivity contribution in [2.45, 2.75) is 25.0 Å². The Kier molecular flexibility index (Phi) is 2.99. The molecule has 1 aromatic carbocycles. The second kappa shape index (κ2) is 4.78. The normalized spacial score (nSPS) is 22.3. The number of hydrogen-bond donors (Lipinski definition) is 2. The molecule has 92 valence electrons. The van der Waals surface area contributed by atoms with Crippen LogP contribution in [0.25, 0.3) is 0 Å². The van der Waals surface area contributed by atoms with Crippen LogP contribution in [0.15, 0.2) is 48.7 Å². The van der Waals surface area contributed by atoms with Crippen LogP contribution in [-0.4, -0.2) is 16.2 Å². The average Bonchev–Trinajstić information content (AvgIpc) is 2.43. The third-order valence-electron chi connectivity index (χ3n) is 3.45. The monoisotopic (exact) mass is 240 g/mol. The second-order valence-corrected chi connectivity index (χ2v) is 4.64. The number of aliphatic hydroxyl groups is 1. The van der Waals surface area contributed by atoms with Crippen LogP contribution in [0.3, 0.4) is 0 Å². The predicted molar refractivity (Wildman–Crippen MR) is 71.4 cm³/mol. The first-order chi connectivity index (χ1) is 8.84. The molecule has 2 N–H and O–H groups in total. The number of aliphatic hydroxyl groups excluding tert-OH is 1. The Hall–Kier alpha value is -1.87. The summed E-state index contributed by atoms with van der Waals surface area (Å²) < 4.78 is 0. The first kappa shape index (κ1) is 11.2. The lowest BCUT2D eigenvalue weighted by molar-refractivity contribution is 0.135. The van der Waals surface area contributed by atoms with Gasteiger partial charge >= 0.3 is 0 Å². The first-order valence-electron chi connectivity index (χ1n) is 6.28. The van der Waals surface area contributed by atoms with Gasteiger partial charge in [0, 0.05) is 6.20 Å². The van der Waals surface area contributed by atoms with Crippen LogP contribution in [0, 0.1) is 0 Å². The molecule has 1 aliphatic carbocycles. The Bertz CT molecular complexity index is 527. The lowest BCUT2D eigenvalue weighted by Crippen LogP contribution is -2.30. The molecule has 0 radical (unpaired) electrons. The molecule has 0 spiro atoms. The molecule has 0 saturated carbocycles. The zero-order chi connectivity index (χ0) is 12.4. The van der Waals surface area contributed by atoms with E-state index in [1.54, 1.807) is 6.20 Å². The zero-order valence-corrected chi connectivity index (χ0v) is 10.1. The van der Waals surface area contributed by atoms with Gasteiger partial charge in [0.2, 0.25) is 0 Å². The SMILES string of the molecule is OC1CCc2ccccc2C1Nc1ccccn1. The fraction of sp³-hybridized carbons (Fsp3) is 0.267. The summed E-state index contributed by atoms with van der Waals surface area (Å²) in [5, 5.41) is 13.5. The van der Waals surface area contributed by atoms with Gasteiger partial charge in [-0.05, 0) is 36.1 Å². The highest BCUT2D eigenvalue weighted by molar-refractivity contribution is 5.42. The van der Waals surface area contributed by atoms with Crippen molar-refractivity contribution in [3.8, 4) is 0 Å². The van der Waals surface area contributed by atoms with Crippen LogP contribution in [0.4, 0.5) is 5.82 Å². The van der Waals surface area contributed by atoms with Gasteiger partial charge in [0.1, 0.15) is 5.82 Å². The summed E-state index contributed by atoms with van der Waals surface area (Å²) in [6, 6.07) is 14.0. The van der Waals surface area contributed by atoms with Crippen molar-refractivity contribution < 1.29 is 5.11 Å². The van der Waals surface area contributed by atoms with Gasteiger partial charge in [-0.1, -0.05) is 30.3 Å². The van der Waals surface area contributed by atoms with Crippen molar-refractivity contribution in [3.63, 3.8) is 0 Å². The van der Waals surface area contributed by atoms with Crippen LogP contribution in [0.1, 0.15) is 23.6 Å². The van der Waals surface area contributed by atoms with E-state index in [0.29, 0.717) is 0 Å². The minimum Gasteiger partial charge on any atom is -0.391 e. The molecule has 2 atom stereocenters. The summed E-state index contributed by atoms with van der Waals surface area (Å²) in [4.78, 5) is 4.26. The second-order valence-electron chi connectivity index (χ2n) is 4.64. The lowest BCUT2D eigenvalue weighted by Gasteiger charge is -2.31. The molecule has 2 aromatic rings. The molecule has 0 saturated heterocycles. The largest absolute Gasteiger partial charge is 0.391 e. The summed E-state index contributed by atoms with van der Waals surface area (Å²) >= 11 is 0.